The third-order valence-electron chi connectivity index (χ3n) is 4.15. The second-order valence-electron chi connectivity index (χ2n) is 5.52. The molecule has 4 rings (SSSR count). The predicted molar refractivity (Wildman–Crippen MR) is 82.9 cm³/mol. The third-order valence-corrected chi connectivity index (χ3v) is 4.15. The van der Waals surface area contributed by atoms with E-state index in [1.54, 1.807) is 17.9 Å². The highest BCUT2D eigenvalue weighted by Crippen LogP contribution is 2.35. The van der Waals surface area contributed by atoms with Crippen LogP contribution in [0.15, 0.2) is 41.3 Å². The Morgan fingerprint density at radius 3 is 2.91 bits per heavy atom. The first kappa shape index (κ1) is 12.8. The van der Waals surface area contributed by atoms with Crippen LogP contribution in [0.5, 0.6) is 0 Å². The number of nitrogens with one attached hydrogen (secondary N) is 2. The fourth-order valence-electron chi connectivity index (χ4n) is 3.04. The van der Waals surface area contributed by atoms with E-state index in [2.05, 4.69) is 15.4 Å². The molecule has 1 atom stereocenters. The lowest BCUT2D eigenvalue weighted by Crippen LogP contribution is -2.27. The first-order valence-corrected chi connectivity index (χ1v) is 7.07. The molecule has 0 radical (unpaired) electrons. The number of pyridine rings is 1. The first-order chi connectivity index (χ1) is 10.6. The van der Waals surface area contributed by atoms with Crippen molar-refractivity contribution in [3.05, 3.63) is 58.0 Å². The molecule has 0 saturated heterocycles. The van der Waals surface area contributed by atoms with E-state index in [1.807, 2.05) is 30.3 Å². The Kier molecular flexibility index (Phi) is 2.66. The molecule has 6 nitrogen and oxygen atoms in total. The summed E-state index contributed by atoms with van der Waals surface area (Å²) in [4.78, 5) is 27.3. The molecule has 1 aliphatic rings. The molecule has 0 fully saturated rings. The molecule has 1 unspecified atom stereocenters. The van der Waals surface area contributed by atoms with Crippen LogP contribution in [0.3, 0.4) is 0 Å². The standard InChI is InChI=1S/C16H14N4O2/c1-20-15-12(8-17-20)10(7-14(21)19-15)11-6-9-4-2-3-5-13(9)18-16(11)22/h2-6,8,10H,7H2,1H3,(H,18,22)(H,19,21). The summed E-state index contributed by atoms with van der Waals surface area (Å²) >= 11 is 0. The monoisotopic (exact) mass is 294 g/mol. The number of aryl methyl sites for hydroxylation is 1. The lowest BCUT2D eigenvalue weighted by atomic mass is 9.87. The maximum atomic E-state index is 12.4. The van der Waals surface area contributed by atoms with E-state index >= 15 is 0 Å². The van der Waals surface area contributed by atoms with Crippen molar-refractivity contribution in [1.82, 2.24) is 14.8 Å². The molecule has 3 heterocycles. The highest BCUT2D eigenvalue weighted by Gasteiger charge is 2.31. The maximum absolute atomic E-state index is 12.4. The average Bonchev–Trinajstić information content (AvgIpc) is 2.87. The van der Waals surface area contributed by atoms with E-state index in [4.69, 9.17) is 0 Å². The summed E-state index contributed by atoms with van der Waals surface area (Å²) in [7, 11) is 1.77. The van der Waals surface area contributed by atoms with Crippen LogP contribution in [-0.4, -0.2) is 20.7 Å². The SMILES string of the molecule is Cn1ncc2c1NC(=O)CC2c1cc2ccccc2[nH]c1=O. The number of rotatable bonds is 1. The van der Waals surface area contributed by atoms with E-state index in [-0.39, 0.29) is 23.8 Å². The van der Waals surface area contributed by atoms with E-state index in [0.29, 0.717) is 11.4 Å². The molecule has 3 aromatic rings. The van der Waals surface area contributed by atoms with Gasteiger partial charge in [0.1, 0.15) is 5.82 Å². The molecule has 22 heavy (non-hydrogen) atoms. The van der Waals surface area contributed by atoms with Gasteiger partial charge in [0.15, 0.2) is 0 Å². The Bertz CT molecular complexity index is 954. The molecular weight excluding hydrogens is 280 g/mol. The Morgan fingerprint density at radius 1 is 1.23 bits per heavy atom. The van der Waals surface area contributed by atoms with Gasteiger partial charge in [0.05, 0.1) is 6.20 Å². The van der Waals surface area contributed by atoms with E-state index < -0.39 is 0 Å². The van der Waals surface area contributed by atoms with Gasteiger partial charge in [-0.2, -0.15) is 5.10 Å². The van der Waals surface area contributed by atoms with Crippen LogP contribution in [0.4, 0.5) is 5.82 Å². The molecule has 1 amide bonds. The number of fused-ring (bicyclic) bond motifs is 2. The Morgan fingerprint density at radius 2 is 2.05 bits per heavy atom. The molecule has 2 aromatic heterocycles. The van der Waals surface area contributed by atoms with Gasteiger partial charge in [-0.25, -0.2) is 0 Å². The normalized spacial score (nSPS) is 17.3. The number of benzene rings is 1. The molecule has 1 aliphatic heterocycles. The van der Waals surface area contributed by atoms with Crippen molar-refractivity contribution in [2.24, 2.45) is 7.05 Å². The topological polar surface area (TPSA) is 79.8 Å². The molecule has 0 aliphatic carbocycles. The van der Waals surface area contributed by atoms with Crippen LogP contribution in [0, 0.1) is 0 Å². The van der Waals surface area contributed by atoms with Gasteiger partial charge < -0.3 is 10.3 Å². The summed E-state index contributed by atoms with van der Waals surface area (Å²) in [5.41, 5.74) is 2.11. The van der Waals surface area contributed by atoms with Gasteiger partial charge in [-0.05, 0) is 17.5 Å². The van der Waals surface area contributed by atoms with Crippen molar-refractivity contribution in [3.8, 4) is 0 Å². The quantitative estimate of drug-likeness (QED) is 0.717. The second kappa shape index (κ2) is 4.56. The number of hydrogen-bond donors (Lipinski definition) is 2. The number of carbonyl (C=O) groups is 1. The number of H-pyrrole nitrogens is 1. The third kappa shape index (κ3) is 1.84. The van der Waals surface area contributed by atoms with E-state index in [0.717, 1.165) is 16.5 Å². The minimum absolute atomic E-state index is 0.103. The molecular formula is C16H14N4O2. The number of aromatic nitrogens is 3. The number of hydrogen-bond acceptors (Lipinski definition) is 3. The number of anilines is 1. The van der Waals surface area contributed by atoms with Gasteiger partial charge in [0.25, 0.3) is 5.56 Å². The summed E-state index contributed by atoms with van der Waals surface area (Å²) in [5, 5.41) is 7.96. The minimum Gasteiger partial charge on any atom is -0.322 e. The first-order valence-electron chi connectivity index (χ1n) is 7.07. The average molecular weight is 294 g/mol. The summed E-state index contributed by atoms with van der Waals surface area (Å²) in [6.45, 7) is 0. The fraction of sp³-hybridized carbons (Fsp3) is 0.188. The summed E-state index contributed by atoms with van der Waals surface area (Å²) in [6, 6.07) is 9.48. The Balaban J connectivity index is 1.93. The van der Waals surface area contributed by atoms with Crippen LogP contribution in [0.25, 0.3) is 10.9 Å². The van der Waals surface area contributed by atoms with Gasteiger partial charge in [0, 0.05) is 36.0 Å². The number of amides is 1. The smallest absolute Gasteiger partial charge is 0.252 e. The number of para-hydroxylation sites is 1. The molecule has 0 spiro atoms. The van der Waals surface area contributed by atoms with Gasteiger partial charge in [0.2, 0.25) is 5.91 Å². The van der Waals surface area contributed by atoms with Gasteiger partial charge in [-0.15, -0.1) is 0 Å². The molecule has 0 bridgehead atoms. The zero-order chi connectivity index (χ0) is 15.3. The second-order valence-corrected chi connectivity index (χ2v) is 5.52. The zero-order valence-corrected chi connectivity index (χ0v) is 12.0. The lowest BCUT2D eigenvalue weighted by Gasteiger charge is -2.22. The molecule has 6 heteroatoms. The van der Waals surface area contributed by atoms with Crippen LogP contribution in [0.2, 0.25) is 0 Å². The van der Waals surface area contributed by atoms with Crippen molar-refractivity contribution in [1.29, 1.82) is 0 Å². The Hall–Kier alpha value is -2.89. The van der Waals surface area contributed by atoms with Gasteiger partial charge in [-0.1, -0.05) is 18.2 Å². The lowest BCUT2D eigenvalue weighted by molar-refractivity contribution is -0.116. The van der Waals surface area contributed by atoms with Crippen molar-refractivity contribution in [2.75, 3.05) is 5.32 Å². The summed E-state index contributed by atoms with van der Waals surface area (Å²) in [5.74, 6) is 0.285. The number of nitrogens with zero attached hydrogens (tertiary/aromatic N) is 2. The maximum Gasteiger partial charge on any atom is 0.252 e. The minimum atomic E-state index is -0.272. The van der Waals surface area contributed by atoms with Gasteiger partial charge >= 0.3 is 0 Å². The molecule has 2 N–H and O–H groups in total. The zero-order valence-electron chi connectivity index (χ0n) is 12.0. The number of carbonyl (C=O) groups excluding carboxylic acids is 1. The van der Waals surface area contributed by atoms with Crippen molar-refractivity contribution < 1.29 is 4.79 Å². The highest BCUT2D eigenvalue weighted by atomic mass is 16.2. The fourth-order valence-corrected chi connectivity index (χ4v) is 3.04. The summed E-state index contributed by atoms with van der Waals surface area (Å²) in [6.07, 6.45) is 1.97. The van der Waals surface area contributed by atoms with Crippen molar-refractivity contribution in [2.45, 2.75) is 12.3 Å². The van der Waals surface area contributed by atoms with Crippen molar-refractivity contribution >= 4 is 22.6 Å². The van der Waals surface area contributed by atoms with Crippen molar-refractivity contribution in [3.63, 3.8) is 0 Å². The van der Waals surface area contributed by atoms with Crippen LogP contribution in [0.1, 0.15) is 23.5 Å². The molecule has 0 saturated carbocycles. The van der Waals surface area contributed by atoms with E-state index in [9.17, 15) is 9.59 Å². The number of aromatic amines is 1. The highest BCUT2D eigenvalue weighted by molar-refractivity contribution is 5.94. The van der Waals surface area contributed by atoms with Crippen LogP contribution >= 0.6 is 0 Å². The van der Waals surface area contributed by atoms with Crippen LogP contribution < -0.4 is 10.9 Å². The van der Waals surface area contributed by atoms with Gasteiger partial charge in [-0.3, -0.25) is 14.3 Å². The molecule has 1 aromatic carbocycles. The molecule has 110 valence electrons. The van der Waals surface area contributed by atoms with E-state index in [1.165, 1.54) is 0 Å². The largest absolute Gasteiger partial charge is 0.322 e. The van der Waals surface area contributed by atoms with Crippen LogP contribution in [-0.2, 0) is 11.8 Å². The summed E-state index contributed by atoms with van der Waals surface area (Å²) < 4.78 is 1.62. The Labute approximate surface area is 125 Å². The predicted octanol–water partition coefficient (Wildman–Crippen LogP) is 1.74.